The molecule has 33 heavy (non-hydrogen) atoms. The van der Waals surface area contributed by atoms with Crippen LogP contribution in [-0.2, 0) is 14.3 Å². The number of rotatable bonds is 1. The number of fused-ring (bicyclic) bond motifs is 5. The molecule has 3 saturated carbocycles. The number of halogens is 2. The van der Waals surface area contributed by atoms with Gasteiger partial charge >= 0.3 is 5.97 Å². The van der Waals surface area contributed by atoms with Crippen molar-refractivity contribution in [1.82, 2.24) is 4.90 Å². The van der Waals surface area contributed by atoms with Gasteiger partial charge in [0, 0.05) is 25.4 Å². The van der Waals surface area contributed by atoms with E-state index in [1.165, 1.54) is 11.8 Å². The molecule has 0 saturated heterocycles. The van der Waals surface area contributed by atoms with E-state index in [2.05, 4.69) is 0 Å². The lowest BCUT2D eigenvalue weighted by molar-refractivity contribution is -0.207. The third-order valence-corrected chi connectivity index (χ3v) is 9.22. The Morgan fingerprint density at radius 1 is 1.24 bits per heavy atom. The van der Waals surface area contributed by atoms with E-state index in [1.807, 2.05) is 13.8 Å². The van der Waals surface area contributed by atoms with Crippen LogP contribution >= 0.6 is 12.2 Å². The zero-order chi connectivity index (χ0) is 24.7. The topological polar surface area (TPSA) is 87.1 Å². The van der Waals surface area contributed by atoms with Crippen molar-refractivity contribution in [2.24, 2.45) is 28.6 Å². The molecule has 0 unspecified atom stereocenters. The number of aliphatic hydroxyl groups excluding tert-OH is 2. The van der Waals surface area contributed by atoms with Crippen molar-refractivity contribution >= 4 is 29.1 Å². The van der Waals surface area contributed by atoms with Crippen molar-refractivity contribution in [3.05, 3.63) is 23.3 Å². The number of carbonyl (C=O) groups excluding carboxylic acids is 2. The Kier molecular flexibility index (Phi) is 5.66. The monoisotopic (exact) mass is 483 g/mol. The van der Waals surface area contributed by atoms with Crippen LogP contribution in [-0.4, -0.2) is 70.2 Å². The molecule has 0 aromatic rings. The number of ketones is 1. The summed E-state index contributed by atoms with van der Waals surface area (Å²) < 4.78 is 37.8. The number of nitrogens with zero attached hydrogens (tertiary/aromatic N) is 1. The predicted octanol–water partition coefficient (Wildman–Crippen LogP) is 2.67. The quantitative estimate of drug-likeness (QED) is 0.337. The molecule has 4 aliphatic carbocycles. The van der Waals surface area contributed by atoms with Gasteiger partial charge in [-0.15, -0.1) is 0 Å². The predicted molar refractivity (Wildman–Crippen MR) is 121 cm³/mol. The smallest absolute Gasteiger partial charge is 0.349 e. The minimum absolute atomic E-state index is 0.00226. The summed E-state index contributed by atoms with van der Waals surface area (Å²) in [4.78, 5) is 26.8. The Morgan fingerprint density at radius 2 is 1.88 bits per heavy atom. The van der Waals surface area contributed by atoms with Crippen molar-refractivity contribution in [3.8, 4) is 0 Å². The molecule has 6 nitrogen and oxygen atoms in total. The maximum atomic E-state index is 17.2. The van der Waals surface area contributed by atoms with Crippen LogP contribution in [0.2, 0.25) is 0 Å². The fourth-order valence-electron chi connectivity index (χ4n) is 7.03. The van der Waals surface area contributed by atoms with E-state index in [1.54, 1.807) is 14.1 Å². The van der Waals surface area contributed by atoms with Crippen LogP contribution in [0.1, 0.15) is 40.0 Å². The lowest BCUT2D eigenvalue weighted by Crippen LogP contribution is -2.68. The van der Waals surface area contributed by atoms with Gasteiger partial charge in [0.1, 0.15) is 11.7 Å². The summed E-state index contributed by atoms with van der Waals surface area (Å²) in [5.41, 5.74) is -5.33. The van der Waals surface area contributed by atoms with E-state index in [9.17, 15) is 19.8 Å². The fourth-order valence-corrected chi connectivity index (χ4v) is 7.11. The Morgan fingerprint density at radius 3 is 2.48 bits per heavy atom. The van der Waals surface area contributed by atoms with Crippen molar-refractivity contribution in [2.45, 2.75) is 64.1 Å². The number of alkyl halides is 2. The third kappa shape index (κ3) is 3.18. The lowest BCUT2D eigenvalue weighted by atomic mass is 9.45. The van der Waals surface area contributed by atoms with E-state index >= 15 is 8.78 Å². The first kappa shape index (κ1) is 24.4. The van der Waals surface area contributed by atoms with Gasteiger partial charge in [0.2, 0.25) is 0 Å². The fraction of sp³-hybridized carbons (Fsp3) is 0.708. The summed E-state index contributed by atoms with van der Waals surface area (Å²) in [5.74, 6) is -3.18. The maximum Gasteiger partial charge on any atom is 0.349 e. The molecule has 0 bridgehead atoms. The number of ether oxygens (including phenoxy) is 1. The molecule has 0 spiro atoms. The minimum atomic E-state index is -2.33. The molecule has 182 valence electrons. The highest BCUT2D eigenvalue weighted by Crippen LogP contribution is 2.68. The van der Waals surface area contributed by atoms with Crippen LogP contribution in [0.15, 0.2) is 23.3 Å². The first-order chi connectivity index (χ1) is 15.2. The van der Waals surface area contributed by atoms with E-state index < -0.39 is 58.1 Å². The Labute approximate surface area is 197 Å². The van der Waals surface area contributed by atoms with Gasteiger partial charge in [-0.25, -0.2) is 13.6 Å². The van der Waals surface area contributed by atoms with Crippen LogP contribution in [0, 0.1) is 28.6 Å². The molecular weight excluding hydrogens is 452 g/mol. The number of aliphatic hydroxyl groups is 2. The number of allylic oxidation sites excluding steroid dienone is 3. The van der Waals surface area contributed by atoms with Crippen molar-refractivity contribution < 1.29 is 33.3 Å². The zero-order valence-corrected chi connectivity index (χ0v) is 20.3. The number of thiocarbonyl (C=S) groups is 1. The molecule has 0 aromatic heterocycles. The van der Waals surface area contributed by atoms with Gasteiger partial charge < -0.3 is 19.8 Å². The highest BCUT2D eigenvalue weighted by molar-refractivity contribution is 7.80. The molecule has 0 aromatic carbocycles. The Hall–Kier alpha value is -1.71. The molecule has 2 N–H and O–H groups in total. The van der Waals surface area contributed by atoms with E-state index in [0.717, 1.165) is 12.2 Å². The lowest BCUT2D eigenvalue weighted by Gasteiger charge is -2.62. The first-order valence-corrected chi connectivity index (χ1v) is 11.7. The van der Waals surface area contributed by atoms with Crippen molar-refractivity contribution in [2.75, 3.05) is 14.1 Å². The summed E-state index contributed by atoms with van der Waals surface area (Å²) in [7, 11) is 3.13. The van der Waals surface area contributed by atoms with Gasteiger partial charge in [0.25, 0.3) is 5.17 Å². The molecule has 0 aliphatic heterocycles. The minimum Gasteiger partial charge on any atom is -0.395 e. The zero-order valence-electron chi connectivity index (χ0n) is 19.5. The molecule has 9 heteroatoms. The summed E-state index contributed by atoms with van der Waals surface area (Å²) in [6.07, 6.45) is -1.44. The molecular formula is C24H31F2NO5S. The van der Waals surface area contributed by atoms with Crippen LogP contribution < -0.4 is 0 Å². The summed E-state index contributed by atoms with van der Waals surface area (Å²) in [6.45, 7) is 5.15. The van der Waals surface area contributed by atoms with Crippen LogP contribution in [0.3, 0.4) is 0 Å². The molecule has 9 atom stereocenters. The summed E-state index contributed by atoms with van der Waals surface area (Å²) >= 11 is 4.97. The highest BCUT2D eigenvalue weighted by Gasteiger charge is 2.73. The van der Waals surface area contributed by atoms with Crippen molar-refractivity contribution in [3.63, 3.8) is 0 Å². The normalized spacial score (nSPS) is 46.4. The molecule has 0 amide bonds. The second-order valence-electron chi connectivity index (χ2n) is 10.8. The number of hydrogen-bond acceptors (Lipinski definition) is 6. The average molecular weight is 484 g/mol. The molecule has 0 radical (unpaired) electrons. The third-order valence-electron chi connectivity index (χ3n) is 8.77. The van der Waals surface area contributed by atoms with Crippen molar-refractivity contribution in [1.29, 1.82) is 0 Å². The second kappa shape index (κ2) is 7.65. The van der Waals surface area contributed by atoms with Gasteiger partial charge in [-0.3, -0.25) is 4.79 Å². The Bertz CT molecular complexity index is 982. The van der Waals surface area contributed by atoms with E-state index in [0.29, 0.717) is 6.42 Å². The second-order valence-corrected chi connectivity index (χ2v) is 11.2. The molecule has 3 fully saturated rings. The first-order valence-electron chi connectivity index (χ1n) is 11.3. The van der Waals surface area contributed by atoms with Gasteiger partial charge in [-0.1, -0.05) is 19.9 Å². The average Bonchev–Trinajstić information content (AvgIpc) is 2.95. The highest BCUT2D eigenvalue weighted by atomic mass is 32.1. The summed E-state index contributed by atoms with van der Waals surface area (Å²) in [6, 6.07) is 0. The largest absolute Gasteiger partial charge is 0.395 e. The molecule has 4 aliphatic rings. The van der Waals surface area contributed by atoms with Crippen LogP contribution in [0.4, 0.5) is 8.78 Å². The maximum absolute atomic E-state index is 17.2. The Balaban J connectivity index is 1.81. The number of carbonyl (C=O) groups is 2. The van der Waals surface area contributed by atoms with Crippen LogP contribution in [0.5, 0.6) is 0 Å². The van der Waals surface area contributed by atoms with Crippen LogP contribution in [0.25, 0.3) is 0 Å². The SMILES string of the molecule is C[C@@H]1C[C@H]2[C@@H]3C[C@H](F)C4=CC(=O)C(C(=O)OC(=S)N(C)C)=C[C@]4(C)[C@@]3(F)[C@@H](O)C[C@]2(C)[C@@H]1O. The number of esters is 1. The molecule has 0 heterocycles. The van der Waals surface area contributed by atoms with Gasteiger partial charge in [-0.2, -0.15) is 0 Å². The van der Waals surface area contributed by atoms with Gasteiger partial charge in [0.15, 0.2) is 11.5 Å². The summed E-state index contributed by atoms with van der Waals surface area (Å²) in [5, 5.41) is 21.8. The van der Waals surface area contributed by atoms with Gasteiger partial charge in [-0.05, 0) is 67.3 Å². The molecule has 4 rings (SSSR count). The van der Waals surface area contributed by atoms with Gasteiger partial charge in [0.05, 0.1) is 12.2 Å². The van der Waals surface area contributed by atoms with E-state index in [-0.39, 0.29) is 35.4 Å². The van der Waals surface area contributed by atoms with E-state index in [4.69, 9.17) is 17.0 Å². The standard InChI is InChI=1S/C24H31F2NO5S/c1-11-6-13-14-7-16(25)15-8-17(28)12(20(31)32-21(33)27(4)5)9-23(15,3)24(14,26)18(29)10-22(13,2)19(11)30/h8-9,11,13-14,16,18-19,29-30H,6-7,10H2,1-5H3/t11-,13+,14+,16+,18+,19-,22+,23+,24+/m1/s1. The number of hydrogen-bond donors (Lipinski definition) is 2.